The number of anilines is 1. The molecule has 4 heterocycles. The zero-order valence-corrected chi connectivity index (χ0v) is 23.9. The van der Waals surface area contributed by atoms with Gasteiger partial charge >= 0.3 is 0 Å². The molecule has 9 nitrogen and oxygen atoms in total. The summed E-state index contributed by atoms with van der Waals surface area (Å²) in [5.74, 6) is 1.08. The Morgan fingerprint density at radius 1 is 1.00 bits per heavy atom. The molecule has 2 aromatic heterocycles. The minimum atomic E-state index is -0.801. The first-order valence-corrected chi connectivity index (χ1v) is 14.3. The Bertz CT molecular complexity index is 1690. The number of fused-ring (bicyclic) bond motifs is 6. The highest BCUT2D eigenvalue weighted by Gasteiger charge is 2.62. The number of aromatic hydroxyl groups is 2. The van der Waals surface area contributed by atoms with Crippen LogP contribution in [0.3, 0.4) is 0 Å². The van der Waals surface area contributed by atoms with Crippen LogP contribution in [0.25, 0.3) is 16.5 Å². The molecule has 0 spiro atoms. The third-order valence-corrected chi connectivity index (χ3v) is 8.81. The lowest BCUT2D eigenvalue weighted by molar-refractivity contribution is -0.0987. The Labute approximate surface area is 239 Å². The number of hydrogen-bond donors (Lipinski definition) is 2. The van der Waals surface area contributed by atoms with E-state index in [4.69, 9.17) is 9.47 Å². The molecule has 2 aliphatic rings. The average Bonchev–Trinajstić information content (AvgIpc) is 3.59. The number of aromatic nitrogens is 3. The normalized spacial score (nSPS) is 20.8. The molecule has 1 saturated heterocycles. The lowest BCUT2D eigenvalue weighted by Crippen LogP contribution is -2.26. The molecular formula is C32H35N5O4. The summed E-state index contributed by atoms with van der Waals surface area (Å²) in [6, 6.07) is 15.1. The third kappa shape index (κ3) is 4.00. The van der Waals surface area contributed by atoms with E-state index in [-0.39, 0.29) is 11.8 Å². The van der Waals surface area contributed by atoms with Crippen molar-refractivity contribution in [1.82, 2.24) is 14.5 Å². The fourth-order valence-corrected chi connectivity index (χ4v) is 6.74. The Hall–Kier alpha value is -4.29. The van der Waals surface area contributed by atoms with Crippen LogP contribution in [0.4, 0.5) is 5.95 Å². The molecule has 41 heavy (non-hydrogen) atoms. The molecule has 1 fully saturated rings. The minimum Gasteiger partial charge on any atom is -0.494 e. The van der Waals surface area contributed by atoms with Gasteiger partial charge in [-0.3, -0.25) is 4.57 Å². The molecule has 0 aliphatic carbocycles. The van der Waals surface area contributed by atoms with Gasteiger partial charge in [0.2, 0.25) is 23.6 Å². The molecule has 0 unspecified atom stereocenters. The standard InChI is InChI=1S/C32H35N5O4/c1-5-31-14-15-32(41-31,16-17-40-25-18-20(4)34-30(35-25)36(6-2)7-3)27-26(31)28(38)37(29(27)39)24-13-12-21(19-33)22-10-8-9-11-23(22)24/h8-13,18,38-39H,5-7,14-17H2,1-4H3/t31-,32-/m1/s1. The van der Waals surface area contributed by atoms with Crippen LogP contribution in [0.2, 0.25) is 0 Å². The van der Waals surface area contributed by atoms with Gasteiger partial charge in [-0.05, 0) is 52.2 Å². The van der Waals surface area contributed by atoms with Crippen LogP contribution in [0.1, 0.15) is 68.8 Å². The van der Waals surface area contributed by atoms with Gasteiger partial charge in [0.25, 0.3) is 0 Å². The van der Waals surface area contributed by atoms with Crippen molar-refractivity contribution >= 4 is 16.7 Å². The van der Waals surface area contributed by atoms with E-state index < -0.39 is 11.2 Å². The summed E-state index contributed by atoms with van der Waals surface area (Å²) in [5, 5.41) is 34.6. The van der Waals surface area contributed by atoms with Crippen molar-refractivity contribution in [1.29, 1.82) is 5.26 Å². The summed E-state index contributed by atoms with van der Waals surface area (Å²) in [6.45, 7) is 10.0. The third-order valence-electron chi connectivity index (χ3n) is 8.81. The Morgan fingerprint density at radius 2 is 1.68 bits per heavy atom. The van der Waals surface area contributed by atoms with Gasteiger partial charge in [-0.15, -0.1) is 0 Å². The molecule has 0 radical (unpaired) electrons. The lowest BCUT2D eigenvalue weighted by atomic mass is 9.76. The van der Waals surface area contributed by atoms with E-state index in [1.165, 1.54) is 4.57 Å². The molecule has 2 atom stereocenters. The van der Waals surface area contributed by atoms with Crippen molar-refractivity contribution < 1.29 is 19.7 Å². The number of nitrogens with zero attached hydrogens (tertiary/aromatic N) is 5. The van der Waals surface area contributed by atoms with E-state index in [0.717, 1.165) is 36.0 Å². The van der Waals surface area contributed by atoms with Gasteiger partial charge in [-0.1, -0.05) is 31.2 Å². The molecule has 6 rings (SSSR count). The SMILES string of the molecule is CCN(CC)c1nc(C)cc(OCC[C@@]23CC[C@@](CC)(O2)c2c3c(O)n(-c3ccc(C#N)c4ccccc34)c2O)n1. The zero-order chi connectivity index (χ0) is 28.9. The van der Waals surface area contributed by atoms with Crippen molar-refractivity contribution in [3.05, 3.63) is 64.8 Å². The van der Waals surface area contributed by atoms with Crippen molar-refractivity contribution in [2.75, 3.05) is 24.6 Å². The molecule has 0 amide bonds. The van der Waals surface area contributed by atoms with Gasteiger partial charge in [0, 0.05) is 42.0 Å². The first kappa shape index (κ1) is 26.9. The first-order valence-electron chi connectivity index (χ1n) is 14.3. The van der Waals surface area contributed by atoms with E-state index in [1.807, 2.05) is 44.2 Å². The quantitative estimate of drug-likeness (QED) is 0.261. The van der Waals surface area contributed by atoms with E-state index in [1.54, 1.807) is 12.1 Å². The summed E-state index contributed by atoms with van der Waals surface area (Å²) in [4.78, 5) is 11.3. The predicted molar refractivity (Wildman–Crippen MR) is 156 cm³/mol. The number of aryl methyl sites for hydroxylation is 1. The molecule has 9 heteroatoms. The summed E-state index contributed by atoms with van der Waals surface area (Å²) >= 11 is 0. The summed E-state index contributed by atoms with van der Waals surface area (Å²) in [5.41, 5.74) is 1.77. The van der Waals surface area contributed by atoms with Gasteiger partial charge in [-0.2, -0.15) is 10.2 Å². The maximum Gasteiger partial charge on any atom is 0.228 e. The predicted octanol–water partition coefficient (Wildman–Crippen LogP) is 5.95. The second-order valence-corrected chi connectivity index (χ2v) is 10.9. The molecule has 4 aromatic rings. The monoisotopic (exact) mass is 553 g/mol. The molecule has 2 N–H and O–H groups in total. The molecule has 212 valence electrons. The molecule has 2 bridgehead atoms. The van der Waals surface area contributed by atoms with Gasteiger partial charge < -0.3 is 24.6 Å². The topological polar surface area (TPSA) is 117 Å². The molecule has 0 saturated carbocycles. The number of rotatable bonds is 9. The number of hydrogen-bond acceptors (Lipinski definition) is 8. The van der Waals surface area contributed by atoms with E-state index in [2.05, 4.69) is 34.8 Å². The van der Waals surface area contributed by atoms with Crippen molar-refractivity contribution in [3.63, 3.8) is 0 Å². The summed E-state index contributed by atoms with van der Waals surface area (Å²) < 4.78 is 14.4. The lowest BCUT2D eigenvalue weighted by Gasteiger charge is -2.27. The van der Waals surface area contributed by atoms with Gasteiger partial charge in [0.15, 0.2) is 0 Å². The number of nitriles is 1. The Morgan fingerprint density at radius 3 is 2.37 bits per heavy atom. The summed E-state index contributed by atoms with van der Waals surface area (Å²) in [6.07, 6.45) is 2.58. The maximum absolute atomic E-state index is 11.8. The second-order valence-electron chi connectivity index (χ2n) is 10.9. The van der Waals surface area contributed by atoms with Crippen molar-refractivity contribution in [2.24, 2.45) is 0 Å². The molecule has 2 aromatic carbocycles. The van der Waals surface area contributed by atoms with Crippen LogP contribution in [0.5, 0.6) is 17.6 Å². The van der Waals surface area contributed by atoms with Crippen LogP contribution in [0, 0.1) is 18.3 Å². The van der Waals surface area contributed by atoms with E-state index in [9.17, 15) is 15.5 Å². The maximum atomic E-state index is 11.8. The van der Waals surface area contributed by atoms with Crippen molar-refractivity contribution in [2.45, 2.75) is 64.6 Å². The van der Waals surface area contributed by atoms with Gasteiger partial charge in [0.05, 0.1) is 40.7 Å². The first-order chi connectivity index (χ1) is 19.8. The van der Waals surface area contributed by atoms with Crippen LogP contribution < -0.4 is 9.64 Å². The molecular weight excluding hydrogens is 518 g/mol. The molecule has 2 aliphatic heterocycles. The minimum absolute atomic E-state index is 0.0213. The fraction of sp³-hybridized carbons (Fsp3) is 0.406. The highest BCUT2D eigenvalue weighted by molar-refractivity contribution is 5.95. The number of benzene rings is 2. The zero-order valence-electron chi connectivity index (χ0n) is 23.9. The van der Waals surface area contributed by atoms with E-state index in [0.29, 0.717) is 60.1 Å². The highest BCUT2D eigenvalue weighted by Crippen LogP contribution is 2.66. The van der Waals surface area contributed by atoms with Crippen LogP contribution in [0.15, 0.2) is 42.5 Å². The van der Waals surface area contributed by atoms with Gasteiger partial charge in [0.1, 0.15) is 5.60 Å². The summed E-state index contributed by atoms with van der Waals surface area (Å²) in [7, 11) is 0. The second kappa shape index (κ2) is 9.96. The van der Waals surface area contributed by atoms with Crippen LogP contribution in [-0.2, 0) is 15.9 Å². The Balaban J connectivity index is 1.38. The fourth-order valence-electron chi connectivity index (χ4n) is 6.74. The number of ether oxygens (including phenoxy) is 2. The van der Waals surface area contributed by atoms with Gasteiger partial charge in [-0.25, -0.2) is 4.98 Å². The van der Waals surface area contributed by atoms with Crippen molar-refractivity contribution in [3.8, 4) is 29.4 Å². The largest absolute Gasteiger partial charge is 0.494 e. The van der Waals surface area contributed by atoms with E-state index >= 15 is 0 Å². The Kier molecular flexibility index (Phi) is 6.54. The van der Waals surface area contributed by atoms with Crippen LogP contribution >= 0.6 is 0 Å². The average molecular weight is 554 g/mol. The van der Waals surface area contributed by atoms with Crippen LogP contribution in [-0.4, -0.2) is 44.4 Å². The highest BCUT2D eigenvalue weighted by atomic mass is 16.5. The smallest absolute Gasteiger partial charge is 0.228 e.